The zero-order chi connectivity index (χ0) is 11.4. The number of pyridine rings is 2. The monoisotopic (exact) mass is 296 g/mol. The Morgan fingerprint density at radius 3 is 2.88 bits per heavy atom. The lowest BCUT2D eigenvalue weighted by atomic mass is 10.5. The van der Waals surface area contributed by atoms with E-state index in [1.807, 2.05) is 24.3 Å². The van der Waals surface area contributed by atoms with E-state index in [1.54, 1.807) is 24.2 Å². The van der Waals surface area contributed by atoms with Crippen LogP contribution in [-0.4, -0.2) is 9.97 Å². The maximum Gasteiger partial charge on any atom is 0.140 e. The van der Waals surface area contributed by atoms with Crippen LogP contribution in [0.3, 0.4) is 0 Å². The minimum atomic E-state index is 0.636. The van der Waals surface area contributed by atoms with Gasteiger partial charge in [0.25, 0.3) is 0 Å². The highest BCUT2D eigenvalue weighted by Gasteiger charge is 2.03. The third-order valence-corrected chi connectivity index (χ3v) is 3.73. The van der Waals surface area contributed by atoms with Gasteiger partial charge >= 0.3 is 0 Å². The molecule has 0 aliphatic heterocycles. The summed E-state index contributed by atoms with van der Waals surface area (Å²) in [5.41, 5.74) is 2.51. The normalized spacial score (nSPS) is 10.1. The van der Waals surface area contributed by atoms with Gasteiger partial charge in [-0.3, -0.25) is 0 Å². The van der Waals surface area contributed by atoms with Crippen LogP contribution >= 0.6 is 27.7 Å². The van der Waals surface area contributed by atoms with Gasteiger partial charge in [-0.15, -0.1) is 0 Å². The lowest BCUT2D eigenvalue weighted by Crippen LogP contribution is -2.07. The van der Waals surface area contributed by atoms with Crippen molar-refractivity contribution in [3.05, 3.63) is 41.1 Å². The number of rotatable bonds is 3. The van der Waals surface area contributed by atoms with Gasteiger partial charge in [-0.05, 0) is 40.2 Å². The molecule has 6 heteroatoms. The highest BCUT2D eigenvalue weighted by atomic mass is 79.9. The standard InChI is InChI=1S/C10H9BrN4S/c11-8-2-1-4-14-10(8)16-7-3-5-13-9(6-7)15-12/h1-6H,12H2,(H,13,15). The van der Waals surface area contributed by atoms with Crippen molar-refractivity contribution < 1.29 is 0 Å². The van der Waals surface area contributed by atoms with Gasteiger partial charge in [-0.1, -0.05) is 11.8 Å². The van der Waals surface area contributed by atoms with Crippen LogP contribution < -0.4 is 11.3 Å². The third kappa shape index (κ3) is 2.72. The number of hydrogen-bond acceptors (Lipinski definition) is 5. The van der Waals surface area contributed by atoms with Crippen molar-refractivity contribution >= 4 is 33.5 Å². The van der Waals surface area contributed by atoms with E-state index in [1.165, 1.54) is 0 Å². The largest absolute Gasteiger partial charge is 0.308 e. The van der Waals surface area contributed by atoms with E-state index in [0.717, 1.165) is 14.4 Å². The zero-order valence-corrected chi connectivity index (χ0v) is 10.6. The van der Waals surface area contributed by atoms with Crippen LogP contribution in [0.1, 0.15) is 0 Å². The number of halogens is 1. The third-order valence-electron chi connectivity index (χ3n) is 1.82. The lowest BCUT2D eigenvalue weighted by Gasteiger charge is -2.04. The molecule has 0 amide bonds. The number of aromatic nitrogens is 2. The molecule has 0 unspecified atom stereocenters. The smallest absolute Gasteiger partial charge is 0.140 e. The minimum Gasteiger partial charge on any atom is -0.308 e. The molecule has 0 aliphatic carbocycles. The number of nitrogens with zero attached hydrogens (tertiary/aromatic N) is 2. The van der Waals surface area contributed by atoms with Gasteiger partial charge in [0.1, 0.15) is 10.8 Å². The SMILES string of the molecule is NNc1cc(Sc2ncccc2Br)ccn1. The molecule has 0 fully saturated rings. The molecule has 2 rings (SSSR count). The van der Waals surface area contributed by atoms with Crippen molar-refractivity contribution in [1.29, 1.82) is 0 Å². The molecule has 0 aromatic carbocycles. The van der Waals surface area contributed by atoms with Crippen LogP contribution in [0.2, 0.25) is 0 Å². The summed E-state index contributed by atoms with van der Waals surface area (Å²) in [5, 5.41) is 0.914. The van der Waals surface area contributed by atoms with Crippen LogP contribution in [0, 0.1) is 0 Å². The first kappa shape index (κ1) is 11.4. The van der Waals surface area contributed by atoms with Gasteiger partial charge in [-0.25, -0.2) is 15.8 Å². The van der Waals surface area contributed by atoms with E-state index >= 15 is 0 Å². The van der Waals surface area contributed by atoms with Crippen molar-refractivity contribution in [2.75, 3.05) is 5.43 Å². The summed E-state index contributed by atoms with van der Waals surface area (Å²) in [7, 11) is 0. The highest BCUT2D eigenvalue weighted by molar-refractivity contribution is 9.10. The Morgan fingerprint density at radius 1 is 1.25 bits per heavy atom. The van der Waals surface area contributed by atoms with E-state index in [-0.39, 0.29) is 0 Å². The van der Waals surface area contributed by atoms with Crippen LogP contribution in [0.25, 0.3) is 0 Å². The van der Waals surface area contributed by atoms with E-state index in [2.05, 4.69) is 31.3 Å². The topological polar surface area (TPSA) is 63.8 Å². The Labute approximate surface area is 106 Å². The molecule has 0 saturated carbocycles. The van der Waals surface area contributed by atoms with Crippen molar-refractivity contribution in [3.63, 3.8) is 0 Å². The van der Waals surface area contributed by atoms with Crippen LogP contribution in [0.4, 0.5) is 5.82 Å². The molecular formula is C10H9BrN4S. The Morgan fingerprint density at radius 2 is 2.12 bits per heavy atom. The predicted octanol–water partition coefficient (Wildman–Crippen LogP) is 2.68. The molecule has 0 aliphatic rings. The van der Waals surface area contributed by atoms with Gasteiger partial charge in [0.15, 0.2) is 0 Å². The van der Waals surface area contributed by atoms with Crippen LogP contribution in [-0.2, 0) is 0 Å². The van der Waals surface area contributed by atoms with Crippen molar-refractivity contribution in [2.24, 2.45) is 5.84 Å². The fourth-order valence-electron chi connectivity index (χ4n) is 1.11. The van der Waals surface area contributed by atoms with Crippen molar-refractivity contribution in [1.82, 2.24) is 9.97 Å². The van der Waals surface area contributed by atoms with Gasteiger partial charge in [0, 0.05) is 17.3 Å². The van der Waals surface area contributed by atoms with Crippen molar-refractivity contribution in [3.8, 4) is 0 Å². The average molecular weight is 297 g/mol. The summed E-state index contributed by atoms with van der Waals surface area (Å²) < 4.78 is 0.971. The second-order valence-corrected chi connectivity index (χ2v) is 4.83. The average Bonchev–Trinajstić information content (AvgIpc) is 2.32. The maximum atomic E-state index is 5.30. The molecule has 82 valence electrons. The number of nitrogens with two attached hydrogens (primary N) is 1. The fraction of sp³-hybridized carbons (Fsp3) is 0. The first-order chi connectivity index (χ1) is 7.79. The van der Waals surface area contributed by atoms with Gasteiger partial charge in [0.05, 0.1) is 4.47 Å². The Hall–Kier alpha value is -1.11. The first-order valence-corrected chi connectivity index (χ1v) is 6.11. The summed E-state index contributed by atoms with van der Waals surface area (Å²) in [5.74, 6) is 5.93. The summed E-state index contributed by atoms with van der Waals surface area (Å²) in [6, 6.07) is 7.62. The summed E-state index contributed by atoms with van der Waals surface area (Å²) in [6.45, 7) is 0. The van der Waals surface area contributed by atoms with Crippen LogP contribution in [0.15, 0.2) is 51.1 Å². The van der Waals surface area contributed by atoms with E-state index in [4.69, 9.17) is 5.84 Å². The van der Waals surface area contributed by atoms with Gasteiger partial charge in [-0.2, -0.15) is 0 Å². The molecule has 2 aromatic rings. The number of nitrogens with one attached hydrogen (secondary N) is 1. The van der Waals surface area contributed by atoms with Gasteiger partial charge < -0.3 is 5.43 Å². The Bertz CT molecular complexity index is 492. The highest BCUT2D eigenvalue weighted by Crippen LogP contribution is 2.31. The molecule has 0 bridgehead atoms. The molecule has 4 nitrogen and oxygen atoms in total. The molecular weight excluding hydrogens is 288 g/mol. The molecule has 2 heterocycles. The Kier molecular flexibility index (Phi) is 3.76. The maximum absolute atomic E-state index is 5.30. The first-order valence-electron chi connectivity index (χ1n) is 4.50. The number of anilines is 1. The van der Waals surface area contributed by atoms with E-state index in [0.29, 0.717) is 5.82 Å². The summed E-state index contributed by atoms with van der Waals surface area (Å²) >= 11 is 5.00. The van der Waals surface area contributed by atoms with Crippen molar-refractivity contribution in [2.45, 2.75) is 9.92 Å². The minimum absolute atomic E-state index is 0.636. The molecule has 2 aromatic heterocycles. The lowest BCUT2D eigenvalue weighted by molar-refractivity contribution is 1.10. The molecule has 0 radical (unpaired) electrons. The molecule has 0 spiro atoms. The van der Waals surface area contributed by atoms with E-state index < -0.39 is 0 Å². The number of hydrazine groups is 1. The predicted molar refractivity (Wildman–Crippen MR) is 68.1 cm³/mol. The Balaban J connectivity index is 2.24. The molecule has 0 atom stereocenters. The molecule has 3 N–H and O–H groups in total. The van der Waals surface area contributed by atoms with Crippen LogP contribution in [0.5, 0.6) is 0 Å². The fourth-order valence-corrected chi connectivity index (χ4v) is 2.41. The molecule has 0 saturated heterocycles. The zero-order valence-electron chi connectivity index (χ0n) is 8.22. The summed E-state index contributed by atoms with van der Waals surface area (Å²) in [6.07, 6.45) is 3.46. The van der Waals surface area contributed by atoms with Gasteiger partial charge in [0.2, 0.25) is 0 Å². The van der Waals surface area contributed by atoms with E-state index in [9.17, 15) is 0 Å². The number of nitrogen functional groups attached to an aromatic ring is 1. The quantitative estimate of drug-likeness (QED) is 0.673. The summed E-state index contributed by atoms with van der Waals surface area (Å²) in [4.78, 5) is 9.34. The molecule has 16 heavy (non-hydrogen) atoms. The number of hydrogen-bond donors (Lipinski definition) is 2. The second-order valence-electron chi connectivity index (χ2n) is 2.91. The second kappa shape index (κ2) is 5.29.